The summed E-state index contributed by atoms with van der Waals surface area (Å²) in [4.78, 5) is 0. The molecule has 0 aliphatic heterocycles. The molecule has 3 atom stereocenters. The van der Waals surface area contributed by atoms with Gasteiger partial charge in [-0.25, -0.2) is 0 Å². The average Bonchev–Trinajstić information content (AvgIpc) is 2.28. The molecule has 2 rings (SSSR count). The van der Waals surface area contributed by atoms with Crippen LogP contribution in [0.5, 0.6) is 0 Å². The van der Waals surface area contributed by atoms with Crippen molar-refractivity contribution in [2.45, 2.75) is 44.6 Å². The van der Waals surface area contributed by atoms with Gasteiger partial charge >= 0.3 is 6.36 Å². The van der Waals surface area contributed by atoms with Gasteiger partial charge in [0, 0.05) is 0 Å². The monoisotopic (exact) mass is 258 g/mol. The van der Waals surface area contributed by atoms with Gasteiger partial charge in [-0.2, -0.15) is 0 Å². The van der Waals surface area contributed by atoms with Crippen molar-refractivity contribution in [1.82, 2.24) is 0 Å². The second kappa shape index (κ2) is 5.31. The van der Waals surface area contributed by atoms with E-state index in [1.54, 1.807) is 0 Å². The molecule has 1 nitrogen and oxygen atoms in total. The van der Waals surface area contributed by atoms with Crippen molar-refractivity contribution in [3.05, 3.63) is 35.9 Å². The van der Waals surface area contributed by atoms with Crippen LogP contribution in [0.2, 0.25) is 0 Å². The van der Waals surface area contributed by atoms with Crippen LogP contribution in [0.25, 0.3) is 0 Å². The Morgan fingerprint density at radius 1 is 1.11 bits per heavy atom. The second-order valence-electron chi connectivity index (χ2n) is 4.99. The van der Waals surface area contributed by atoms with Gasteiger partial charge in [0.15, 0.2) is 0 Å². The lowest BCUT2D eigenvalue weighted by Gasteiger charge is -2.34. The summed E-state index contributed by atoms with van der Waals surface area (Å²) in [7, 11) is 0. The summed E-state index contributed by atoms with van der Waals surface area (Å²) in [5, 5.41) is 0. The largest absolute Gasteiger partial charge is 0.522 e. The summed E-state index contributed by atoms with van der Waals surface area (Å²) in [6.45, 7) is 2.00. The lowest BCUT2D eigenvalue weighted by Crippen LogP contribution is -2.31. The van der Waals surface area contributed by atoms with Gasteiger partial charge in [-0.1, -0.05) is 37.3 Å². The molecule has 4 heteroatoms. The molecule has 1 saturated carbocycles. The van der Waals surface area contributed by atoms with Gasteiger partial charge in [0.25, 0.3) is 0 Å². The van der Waals surface area contributed by atoms with E-state index in [2.05, 4.69) is 4.74 Å². The second-order valence-corrected chi connectivity index (χ2v) is 4.99. The molecular weight excluding hydrogens is 241 g/mol. The Hall–Kier alpha value is -1.03. The van der Waals surface area contributed by atoms with Crippen LogP contribution in [0.3, 0.4) is 0 Å². The van der Waals surface area contributed by atoms with Crippen LogP contribution in [0.1, 0.15) is 37.7 Å². The van der Waals surface area contributed by atoms with Gasteiger partial charge in [0.2, 0.25) is 0 Å². The summed E-state index contributed by atoms with van der Waals surface area (Å²) in [5.74, 6) is 0.563. The Morgan fingerprint density at radius 3 is 2.33 bits per heavy atom. The van der Waals surface area contributed by atoms with Crippen molar-refractivity contribution in [2.24, 2.45) is 5.92 Å². The number of benzene rings is 1. The zero-order valence-corrected chi connectivity index (χ0v) is 10.3. The summed E-state index contributed by atoms with van der Waals surface area (Å²) in [6, 6.07) is 9.99. The fourth-order valence-corrected chi connectivity index (χ4v) is 2.84. The Kier molecular flexibility index (Phi) is 3.95. The van der Waals surface area contributed by atoms with Crippen LogP contribution < -0.4 is 0 Å². The lowest BCUT2D eigenvalue weighted by atomic mass is 9.75. The molecule has 1 aliphatic rings. The first-order valence-electron chi connectivity index (χ1n) is 6.25. The van der Waals surface area contributed by atoms with Gasteiger partial charge in [-0.05, 0) is 36.7 Å². The van der Waals surface area contributed by atoms with Crippen LogP contribution in [0.15, 0.2) is 30.3 Å². The first-order chi connectivity index (χ1) is 8.46. The number of alkyl halides is 3. The van der Waals surface area contributed by atoms with Crippen LogP contribution >= 0.6 is 0 Å². The topological polar surface area (TPSA) is 9.23 Å². The van der Waals surface area contributed by atoms with E-state index in [0.29, 0.717) is 18.8 Å². The predicted molar refractivity (Wildman–Crippen MR) is 63.1 cm³/mol. The summed E-state index contributed by atoms with van der Waals surface area (Å²) >= 11 is 0. The highest BCUT2D eigenvalue weighted by Crippen LogP contribution is 2.40. The van der Waals surface area contributed by atoms with Crippen LogP contribution in [0, 0.1) is 5.92 Å². The molecule has 1 aromatic carbocycles. The molecule has 100 valence electrons. The Labute approximate surface area is 105 Å². The fraction of sp³-hybridized carbons (Fsp3) is 0.571. The van der Waals surface area contributed by atoms with E-state index < -0.39 is 12.5 Å². The molecule has 1 aliphatic carbocycles. The highest BCUT2D eigenvalue weighted by atomic mass is 19.4. The van der Waals surface area contributed by atoms with Crippen LogP contribution in [-0.2, 0) is 4.74 Å². The van der Waals surface area contributed by atoms with Gasteiger partial charge < -0.3 is 0 Å². The smallest absolute Gasteiger partial charge is 0.289 e. The quantitative estimate of drug-likeness (QED) is 0.759. The van der Waals surface area contributed by atoms with Crippen molar-refractivity contribution in [2.75, 3.05) is 0 Å². The van der Waals surface area contributed by atoms with Crippen LogP contribution in [0.4, 0.5) is 13.2 Å². The Balaban J connectivity index is 1.97. The molecular formula is C14H17F3O. The highest BCUT2D eigenvalue weighted by Gasteiger charge is 2.37. The molecule has 1 fully saturated rings. The number of halogens is 3. The number of hydrogen-bond acceptors (Lipinski definition) is 1. The number of hydrogen-bond donors (Lipinski definition) is 0. The molecule has 0 radical (unpaired) electrons. The van der Waals surface area contributed by atoms with Crippen molar-refractivity contribution >= 4 is 0 Å². The third-order valence-corrected chi connectivity index (χ3v) is 3.65. The van der Waals surface area contributed by atoms with Crippen molar-refractivity contribution in [3.63, 3.8) is 0 Å². The number of ether oxygens (including phenoxy) is 1. The molecule has 18 heavy (non-hydrogen) atoms. The Bertz CT molecular complexity index is 374. The molecule has 0 spiro atoms. The summed E-state index contributed by atoms with van der Waals surface area (Å²) in [6.07, 6.45) is -3.49. The first-order valence-corrected chi connectivity index (χ1v) is 6.25. The van der Waals surface area contributed by atoms with E-state index in [1.807, 2.05) is 37.3 Å². The first kappa shape index (κ1) is 13.4. The van der Waals surface area contributed by atoms with Gasteiger partial charge in [0.1, 0.15) is 0 Å². The molecule has 0 N–H and O–H groups in total. The fourth-order valence-electron chi connectivity index (χ4n) is 2.84. The van der Waals surface area contributed by atoms with E-state index in [0.717, 1.165) is 6.42 Å². The molecule has 1 aromatic rings. The normalized spacial score (nSPS) is 29.2. The van der Waals surface area contributed by atoms with E-state index in [-0.39, 0.29) is 5.92 Å². The third kappa shape index (κ3) is 3.48. The molecule has 0 saturated heterocycles. The molecule has 3 unspecified atom stereocenters. The minimum atomic E-state index is -4.51. The van der Waals surface area contributed by atoms with Crippen molar-refractivity contribution < 1.29 is 17.9 Å². The standard InChI is InChI=1S/C14H17F3O/c1-10-9-12(18-14(15,16)17)7-8-13(10)11-5-3-2-4-6-11/h2-6,10,12-13H,7-9H2,1H3. The lowest BCUT2D eigenvalue weighted by molar-refractivity contribution is -0.346. The zero-order valence-electron chi connectivity index (χ0n) is 10.3. The Morgan fingerprint density at radius 2 is 1.78 bits per heavy atom. The van der Waals surface area contributed by atoms with Gasteiger partial charge in [-0.3, -0.25) is 4.74 Å². The van der Waals surface area contributed by atoms with Crippen molar-refractivity contribution in [3.8, 4) is 0 Å². The van der Waals surface area contributed by atoms with E-state index in [1.165, 1.54) is 5.56 Å². The summed E-state index contributed by atoms with van der Waals surface area (Å²) in [5.41, 5.74) is 1.22. The number of rotatable bonds is 2. The zero-order chi connectivity index (χ0) is 13.2. The molecule has 0 amide bonds. The molecule has 0 aromatic heterocycles. The van der Waals surface area contributed by atoms with E-state index >= 15 is 0 Å². The highest BCUT2D eigenvalue weighted by molar-refractivity contribution is 5.20. The average molecular weight is 258 g/mol. The predicted octanol–water partition coefficient (Wildman–Crippen LogP) is 4.50. The maximum Gasteiger partial charge on any atom is 0.522 e. The summed E-state index contributed by atoms with van der Waals surface area (Å²) < 4.78 is 40.6. The van der Waals surface area contributed by atoms with Crippen molar-refractivity contribution in [1.29, 1.82) is 0 Å². The van der Waals surface area contributed by atoms with Crippen LogP contribution in [-0.4, -0.2) is 12.5 Å². The molecule has 0 heterocycles. The molecule has 0 bridgehead atoms. The third-order valence-electron chi connectivity index (χ3n) is 3.65. The maximum atomic E-state index is 12.2. The van der Waals surface area contributed by atoms with Gasteiger partial charge in [0.05, 0.1) is 6.10 Å². The minimum absolute atomic E-state index is 0.216. The minimum Gasteiger partial charge on any atom is -0.289 e. The van der Waals surface area contributed by atoms with Gasteiger partial charge in [-0.15, -0.1) is 13.2 Å². The SMILES string of the molecule is CC1CC(OC(F)(F)F)CCC1c1ccccc1. The maximum absolute atomic E-state index is 12.2. The van der Waals surface area contributed by atoms with E-state index in [9.17, 15) is 13.2 Å². The van der Waals surface area contributed by atoms with E-state index in [4.69, 9.17) is 0 Å².